The van der Waals surface area contributed by atoms with Gasteiger partial charge in [0.25, 0.3) is 11.4 Å². The van der Waals surface area contributed by atoms with Gasteiger partial charge in [-0.1, -0.05) is 54.6 Å². The van der Waals surface area contributed by atoms with Crippen LogP contribution in [0.5, 0.6) is 5.75 Å². The van der Waals surface area contributed by atoms with E-state index < -0.39 is 46.5 Å². The second-order valence-electron chi connectivity index (χ2n) is 9.87. The van der Waals surface area contributed by atoms with Gasteiger partial charge in [0.1, 0.15) is 22.9 Å². The van der Waals surface area contributed by atoms with Gasteiger partial charge < -0.3 is 19.7 Å². The van der Waals surface area contributed by atoms with Gasteiger partial charge >= 0.3 is 17.8 Å². The molecule has 0 aromatic heterocycles. The molecule has 43 heavy (non-hydrogen) atoms. The summed E-state index contributed by atoms with van der Waals surface area (Å²) in [6, 6.07) is 22.4. The lowest BCUT2D eigenvalue weighted by atomic mass is 9.83. The van der Waals surface area contributed by atoms with Crippen molar-refractivity contribution >= 4 is 46.6 Å². The lowest BCUT2D eigenvalue weighted by molar-refractivity contribution is -0.494. The molecule has 0 bridgehead atoms. The van der Waals surface area contributed by atoms with Crippen molar-refractivity contribution in [3.8, 4) is 5.75 Å². The van der Waals surface area contributed by atoms with Gasteiger partial charge in [-0.05, 0) is 54.1 Å². The van der Waals surface area contributed by atoms with Gasteiger partial charge in [-0.3, -0.25) is 20.2 Å². The zero-order chi connectivity index (χ0) is 30.5. The largest absolute Gasteiger partial charge is 0.549 e. The van der Waals surface area contributed by atoms with Crippen LogP contribution in [0.1, 0.15) is 0 Å². The van der Waals surface area contributed by atoms with Crippen molar-refractivity contribution in [2.75, 3.05) is 16.9 Å². The van der Waals surface area contributed by atoms with E-state index in [9.17, 15) is 24.6 Å². The van der Waals surface area contributed by atoms with Gasteiger partial charge in [-0.25, -0.2) is 4.79 Å². The molecular weight excluding hydrogens is 552 g/mol. The van der Waals surface area contributed by atoms with Crippen molar-refractivity contribution in [1.82, 2.24) is 0 Å². The molecule has 3 N–H and O–H groups in total. The number of hydrogen-bond acceptors (Lipinski definition) is 8. The number of ketones is 1. The number of aromatic hydroxyl groups is 1. The molecule has 6 rings (SSSR count). The fraction of sp³-hybridized carbons (Fsp3) is 0.0938. The van der Waals surface area contributed by atoms with E-state index in [0.29, 0.717) is 11.4 Å². The molecule has 11 heteroatoms. The number of methoxy groups -OCH3 is 1. The Labute approximate surface area is 245 Å². The molecule has 2 aliphatic heterocycles. The van der Waals surface area contributed by atoms with Crippen molar-refractivity contribution < 1.29 is 38.7 Å². The molecule has 3 aromatic carbocycles. The zero-order valence-electron chi connectivity index (χ0n) is 22.7. The van der Waals surface area contributed by atoms with Crippen molar-refractivity contribution in [3.05, 3.63) is 120 Å². The first-order chi connectivity index (χ1) is 20.7. The second kappa shape index (κ2) is 10.1. The van der Waals surface area contributed by atoms with Crippen LogP contribution in [0.15, 0.2) is 120 Å². The Balaban J connectivity index is 1.81. The Morgan fingerprint density at radius 2 is 1.60 bits per heavy atom. The van der Waals surface area contributed by atoms with E-state index in [1.165, 1.54) is 54.2 Å². The zero-order valence-corrected chi connectivity index (χ0v) is 22.7. The fourth-order valence-electron chi connectivity index (χ4n) is 5.80. The van der Waals surface area contributed by atoms with E-state index in [1.807, 2.05) is 0 Å². The molecule has 1 spiro atoms. The summed E-state index contributed by atoms with van der Waals surface area (Å²) in [7, 11) is 1.35. The molecule has 0 radical (unpaired) electrons. The number of para-hydroxylation sites is 4. The number of allylic oxidation sites excluding steroid dienone is 2. The van der Waals surface area contributed by atoms with Crippen LogP contribution in [0.25, 0.3) is 0 Å². The molecule has 2 atom stereocenters. The average molecular weight is 577 g/mol. The van der Waals surface area contributed by atoms with Gasteiger partial charge in [0.2, 0.25) is 0 Å². The smallest absolute Gasteiger partial charge is 0.366 e. The molecule has 11 nitrogen and oxygen atoms in total. The van der Waals surface area contributed by atoms with E-state index >= 15 is 4.79 Å². The minimum atomic E-state index is -2.42. The van der Waals surface area contributed by atoms with Gasteiger partial charge in [0.15, 0.2) is 0 Å². The molecule has 3 aromatic rings. The van der Waals surface area contributed by atoms with E-state index in [2.05, 4.69) is 0 Å². The van der Waals surface area contributed by atoms with Crippen LogP contribution in [0, 0.1) is 5.92 Å². The standard InChI is InChI=1S/C32H24N4O7/c1-43-21-16-17-22(29(40)41)23(18-21)26-27(38)28(39)36(24-14-8-9-15-25(24)37)32(26)30(42)34(19-10-4-2-5-11-19)31(33)35(32)20-12-6-3-7-13-20/h2-18,22,33H,1H3,(H2,37,40,41)/b26-23-. The molecule has 0 saturated carbocycles. The first-order valence-corrected chi connectivity index (χ1v) is 13.2. The maximum atomic E-state index is 15.1. The van der Waals surface area contributed by atoms with E-state index in [0.717, 1.165) is 9.80 Å². The number of carbonyl (C=O) groups is 4. The molecule has 3 aliphatic rings. The van der Waals surface area contributed by atoms with E-state index in [1.54, 1.807) is 60.7 Å². The topological polar surface area (TPSA) is 156 Å². The highest BCUT2D eigenvalue weighted by molar-refractivity contribution is 6.54. The highest BCUT2D eigenvalue weighted by atomic mass is 16.5. The van der Waals surface area contributed by atoms with Crippen LogP contribution < -0.4 is 20.6 Å². The van der Waals surface area contributed by atoms with Crippen LogP contribution >= 0.6 is 0 Å². The van der Waals surface area contributed by atoms with Gasteiger partial charge in [0, 0.05) is 5.92 Å². The van der Waals surface area contributed by atoms with Gasteiger partial charge in [-0.2, -0.15) is 9.48 Å². The highest BCUT2D eigenvalue weighted by Gasteiger charge is 2.73. The number of amides is 2. The minimum absolute atomic E-state index is 0.166. The number of anilines is 2. The molecule has 2 unspecified atom stereocenters. The maximum absolute atomic E-state index is 15.1. The maximum Gasteiger partial charge on any atom is 0.366 e. The lowest BCUT2D eigenvalue weighted by Gasteiger charge is -2.35. The number of guanidine groups is 1. The van der Waals surface area contributed by atoms with Crippen LogP contribution in [-0.4, -0.2) is 52.0 Å². The third kappa shape index (κ3) is 3.86. The summed E-state index contributed by atoms with van der Waals surface area (Å²) in [6.07, 6.45) is 3.93. The summed E-state index contributed by atoms with van der Waals surface area (Å²) in [5, 5.41) is 23.4. The normalized spacial score (nSPS) is 23.4. The summed E-state index contributed by atoms with van der Waals surface area (Å²) in [6.45, 7) is 0. The average Bonchev–Trinajstić information content (AvgIpc) is 3.38. The third-order valence-electron chi connectivity index (χ3n) is 7.60. The summed E-state index contributed by atoms with van der Waals surface area (Å²) < 4.78 is 6.65. The lowest BCUT2D eigenvalue weighted by Crippen LogP contribution is -2.59. The Kier molecular flexibility index (Phi) is 6.42. The summed E-state index contributed by atoms with van der Waals surface area (Å²) in [5.74, 6) is -6.72. The monoisotopic (exact) mass is 576 g/mol. The van der Waals surface area contributed by atoms with Crippen LogP contribution in [-0.2, 0) is 23.9 Å². The second-order valence-corrected chi connectivity index (χ2v) is 9.87. The third-order valence-corrected chi connectivity index (χ3v) is 7.60. The van der Waals surface area contributed by atoms with E-state index in [-0.39, 0.29) is 23.0 Å². The Hall–Kier alpha value is -5.97. The number of phenolic OH excluding ortho intramolecular Hbond substituents is 1. The molecular formula is C32H24N4O7. The minimum Gasteiger partial charge on any atom is -0.549 e. The van der Waals surface area contributed by atoms with E-state index in [4.69, 9.17) is 10.5 Å². The first kappa shape index (κ1) is 27.2. The number of nitrogens with two attached hydrogens (primary N) is 1. The van der Waals surface area contributed by atoms with Crippen molar-refractivity contribution in [1.29, 1.82) is 0 Å². The number of Topliss-reactive ketones (excluding diaryl/α,β-unsaturated/α-hetero) is 1. The number of nitrogens with zero attached hydrogens (tertiary/aromatic N) is 3. The summed E-state index contributed by atoms with van der Waals surface area (Å²) in [4.78, 5) is 57.9. The fourth-order valence-corrected chi connectivity index (χ4v) is 5.80. The van der Waals surface area contributed by atoms with Crippen LogP contribution in [0.2, 0.25) is 0 Å². The Bertz CT molecular complexity index is 1830. The first-order valence-electron chi connectivity index (χ1n) is 13.2. The van der Waals surface area contributed by atoms with Gasteiger partial charge in [0.05, 0.1) is 24.3 Å². The molecule has 1 aliphatic carbocycles. The molecule has 1 fully saturated rings. The molecule has 1 saturated heterocycles. The highest BCUT2D eigenvalue weighted by Crippen LogP contribution is 2.50. The number of carbonyl (C=O) groups excluding carboxylic acids is 4. The van der Waals surface area contributed by atoms with Crippen molar-refractivity contribution in [2.45, 2.75) is 5.66 Å². The number of aliphatic carboxylic acids is 1. The predicted molar refractivity (Wildman–Crippen MR) is 153 cm³/mol. The number of carboxylic acids is 1. The van der Waals surface area contributed by atoms with Gasteiger partial charge in [-0.15, -0.1) is 0 Å². The number of hydrogen-bond donors (Lipinski definition) is 2. The van der Waals surface area contributed by atoms with Crippen LogP contribution in [0.4, 0.5) is 17.1 Å². The van der Waals surface area contributed by atoms with Crippen molar-refractivity contribution in [3.63, 3.8) is 0 Å². The molecule has 214 valence electrons. The number of carboxylic acid groups (broad SMARTS) is 1. The van der Waals surface area contributed by atoms with Crippen LogP contribution in [0.3, 0.4) is 0 Å². The Morgan fingerprint density at radius 3 is 2.23 bits per heavy atom. The Morgan fingerprint density at radius 1 is 0.977 bits per heavy atom. The predicted octanol–water partition coefficient (Wildman–Crippen LogP) is 1.47. The SMILES string of the molecule is COC1=C/C(=C2\C(=O)C(=O)N(c3ccccc3O)C23C(=O)N(c2ccccc2)C(N)=[N+]3c2ccccc2)C(C(=O)[O-])C=C1. The summed E-state index contributed by atoms with van der Waals surface area (Å²) >= 11 is 0. The van der Waals surface area contributed by atoms with Crippen molar-refractivity contribution in [2.24, 2.45) is 11.7 Å². The molecule has 2 heterocycles. The number of rotatable bonds is 5. The summed E-state index contributed by atoms with van der Waals surface area (Å²) in [5.41, 5.74) is 4.15. The number of ether oxygens (including phenoxy) is 1. The molecule has 2 amide bonds. The number of benzene rings is 3. The number of phenols is 1. The quantitative estimate of drug-likeness (QED) is 0.263.